The van der Waals surface area contributed by atoms with Crippen molar-refractivity contribution in [3.05, 3.63) is 65.7 Å². The zero-order chi connectivity index (χ0) is 20.6. The Morgan fingerprint density at radius 3 is 2.32 bits per heavy atom. The van der Waals surface area contributed by atoms with Gasteiger partial charge in [-0.1, -0.05) is 30.3 Å². The molecule has 2 rings (SSSR count). The Labute approximate surface area is 167 Å². The van der Waals surface area contributed by atoms with E-state index in [-0.39, 0.29) is 23.5 Å². The number of amides is 1. The Bertz CT molecular complexity index is 850. The average Bonchev–Trinajstić information content (AvgIpc) is 2.68. The summed E-state index contributed by atoms with van der Waals surface area (Å²) in [6.45, 7) is 5.33. The minimum absolute atomic E-state index is 0.152. The fraction of sp³-hybridized carbons (Fsp3) is 0.381. The van der Waals surface area contributed by atoms with Gasteiger partial charge in [-0.05, 0) is 50.1 Å². The van der Waals surface area contributed by atoms with Crippen LogP contribution in [-0.2, 0) is 21.3 Å². The molecule has 28 heavy (non-hydrogen) atoms. The van der Waals surface area contributed by atoms with Crippen molar-refractivity contribution in [1.82, 2.24) is 9.62 Å². The maximum Gasteiger partial charge on any atom is 0.251 e. The van der Waals surface area contributed by atoms with Gasteiger partial charge in [0, 0.05) is 32.3 Å². The molecule has 0 bridgehead atoms. The molecule has 0 fully saturated rings. The van der Waals surface area contributed by atoms with E-state index in [0.717, 1.165) is 12.0 Å². The Morgan fingerprint density at radius 2 is 1.71 bits per heavy atom. The predicted octanol–water partition coefficient (Wildman–Crippen LogP) is 3.05. The summed E-state index contributed by atoms with van der Waals surface area (Å²) in [6, 6.07) is 15.3. The monoisotopic (exact) mass is 404 g/mol. The highest BCUT2D eigenvalue weighted by atomic mass is 32.2. The van der Waals surface area contributed by atoms with Gasteiger partial charge in [0.15, 0.2) is 0 Å². The number of hydrogen-bond donors (Lipinski definition) is 1. The molecule has 1 N–H and O–H groups in total. The van der Waals surface area contributed by atoms with E-state index in [1.54, 1.807) is 61.6 Å². The second-order valence-corrected chi connectivity index (χ2v) is 8.84. The Morgan fingerprint density at radius 1 is 1.07 bits per heavy atom. The first-order valence-electron chi connectivity index (χ1n) is 9.31. The highest BCUT2D eigenvalue weighted by Gasteiger charge is 2.20. The number of benzene rings is 2. The number of sulfonamides is 1. The van der Waals surface area contributed by atoms with Crippen molar-refractivity contribution < 1.29 is 17.9 Å². The molecule has 0 spiro atoms. The van der Waals surface area contributed by atoms with Crippen molar-refractivity contribution in [3.8, 4) is 0 Å². The van der Waals surface area contributed by atoms with E-state index in [1.807, 2.05) is 13.8 Å². The standard InChI is InChI=1S/C21H28N2O4S/c1-17(2)27-15-7-14-22-21(24)19-12-10-18(11-13-19)16-23(3)28(25,26)20-8-5-4-6-9-20/h4-6,8-13,17H,7,14-16H2,1-3H3,(H,22,24). The smallest absolute Gasteiger partial charge is 0.251 e. The van der Waals surface area contributed by atoms with E-state index in [4.69, 9.17) is 4.74 Å². The predicted molar refractivity (Wildman–Crippen MR) is 110 cm³/mol. The van der Waals surface area contributed by atoms with Crippen LogP contribution in [0.15, 0.2) is 59.5 Å². The first-order chi connectivity index (χ1) is 13.3. The Balaban J connectivity index is 1.89. The third kappa shape index (κ3) is 6.44. The molecular formula is C21H28N2O4S. The van der Waals surface area contributed by atoms with Crippen LogP contribution in [0.1, 0.15) is 36.2 Å². The van der Waals surface area contributed by atoms with Gasteiger partial charge in [-0.3, -0.25) is 4.79 Å². The van der Waals surface area contributed by atoms with E-state index in [9.17, 15) is 13.2 Å². The molecule has 2 aromatic carbocycles. The second kappa shape index (κ2) is 10.4. The normalized spacial score (nSPS) is 11.8. The van der Waals surface area contributed by atoms with Gasteiger partial charge in [0.05, 0.1) is 11.0 Å². The molecule has 0 unspecified atom stereocenters. The lowest BCUT2D eigenvalue weighted by Crippen LogP contribution is -2.27. The number of hydrogen-bond acceptors (Lipinski definition) is 4. The molecule has 0 aromatic heterocycles. The molecule has 0 aliphatic heterocycles. The van der Waals surface area contributed by atoms with Crippen LogP contribution >= 0.6 is 0 Å². The molecule has 7 heteroatoms. The second-order valence-electron chi connectivity index (χ2n) is 6.80. The molecule has 0 aliphatic rings. The van der Waals surface area contributed by atoms with Gasteiger partial charge < -0.3 is 10.1 Å². The summed E-state index contributed by atoms with van der Waals surface area (Å²) < 4.78 is 31.9. The van der Waals surface area contributed by atoms with Gasteiger partial charge in [0.1, 0.15) is 0 Å². The number of carbonyl (C=O) groups excluding carboxylic acids is 1. The average molecular weight is 405 g/mol. The molecule has 0 saturated heterocycles. The summed E-state index contributed by atoms with van der Waals surface area (Å²) in [5.41, 5.74) is 1.35. The molecule has 1 amide bonds. The van der Waals surface area contributed by atoms with Gasteiger partial charge in [-0.25, -0.2) is 8.42 Å². The highest BCUT2D eigenvalue weighted by molar-refractivity contribution is 7.89. The molecule has 152 valence electrons. The van der Waals surface area contributed by atoms with Crippen LogP contribution in [0.25, 0.3) is 0 Å². The van der Waals surface area contributed by atoms with Gasteiger partial charge in [-0.2, -0.15) is 4.31 Å². The summed E-state index contributed by atoms with van der Waals surface area (Å²) in [5.74, 6) is -0.152. The van der Waals surface area contributed by atoms with Gasteiger partial charge in [0.2, 0.25) is 10.0 Å². The lowest BCUT2D eigenvalue weighted by Gasteiger charge is -2.17. The van der Waals surface area contributed by atoms with Crippen molar-refractivity contribution in [1.29, 1.82) is 0 Å². The van der Waals surface area contributed by atoms with Crippen LogP contribution in [0.5, 0.6) is 0 Å². The Kier molecular flexibility index (Phi) is 8.17. The minimum Gasteiger partial charge on any atom is -0.379 e. The van der Waals surface area contributed by atoms with Crippen LogP contribution in [0, 0.1) is 0 Å². The van der Waals surface area contributed by atoms with E-state index >= 15 is 0 Å². The summed E-state index contributed by atoms with van der Waals surface area (Å²) in [4.78, 5) is 12.4. The molecule has 0 radical (unpaired) electrons. The molecule has 0 saturated carbocycles. The number of rotatable bonds is 10. The third-order valence-corrected chi connectivity index (χ3v) is 5.95. The first-order valence-corrected chi connectivity index (χ1v) is 10.7. The molecule has 0 atom stereocenters. The topological polar surface area (TPSA) is 75.7 Å². The van der Waals surface area contributed by atoms with Crippen molar-refractivity contribution in [2.24, 2.45) is 0 Å². The van der Waals surface area contributed by atoms with Crippen LogP contribution in [0.3, 0.4) is 0 Å². The summed E-state index contributed by atoms with van der Waals surface area (Å²) in [6.07, 6.45) is 0.941. The summed E-state index contributed by atoms with van der Waals surface area (Å²) in [7, 11) is -2.00. The molecule has 0 aliphatic carbocycles. The van der Waals surface area contributed by atoms with Gasteiger partial charge in [0.25, 0.3) is 5.91 Å². The SMILES string of the molecule is CC(C)OCCCNC(=O)c1ccc(CN(C)S(=O)(=O)c2ccccc2)cc1. The number of nitrogens with one attached hydrogen (secondary N) is 1. The van der Waals surface area contributed by atoms with E-state index in [1.165, 1.54) is 4.31 Å². The Hall–Kier alpha value is -2.22. The molecule has 6 nitrogen and oxygen atoms in total. The molecule has 2 aromatic rings. The van der Waals surface area contributed by atoms with E-state index < -0.39 is 10.0 Å². The van der Waals surface area contributed by atoms with Gasteiger partial charge >= 0.3 is 0 Å². The van der Waals surface area contributed by atoms with Crippen LogP contribution in [0.4, 0.5) is 0 Å². The number of nitrogens with zero attached hydrogens (tertiary/aromatic N) is 1. The fourth-order valence-electron chi connectivity index (χ4n) is 2.57. The number of carbonyl (C=O) groups is 1. The van der Waals surface area contributed by atoms with Crippen LogP contribution < -0.4 is 5.32 Å². The maximum atomic E-state index is 12.6. The van der Waals surface area contributed by atoms with Crippen LogP contribution in [0.2, 0.25) is 0 Å². The van der Waals surface area contributed by atoms with Crippen molar-refractivity contribution in [3.63, 3.8) is 0 Å². The number of ether oxygens (including phenoxy) is 1. The van der Waals surface area contributed by atoms with Crippen molar-refractivity contribution in [2.75, 3.05) is 20.2 Å². The zero-order valence-electron chi connectivity index (χ0n) is 16.6. The van der Waals surface area contributed by atoms with Crippen molar-refractivity contribution >= 4 is 15.9 Å². The van der Waals surface area contributed by atoms with E-state index in [0.29, 0.717) is 18.7 Å². The zero-order valence-corrected chi connectivity index (χ0v) is 17.4. The lowest BCUT2D eigenvalue weighted by atomic mass is 10.1. The minimum atomic E-state index is -3.55. The molecular weight excluding hydrogens is 376 g/mol. The largest absolute Gasteiger partial charge is 0.379 e. The van der Waals surface area contributed by atoms with Gasteiger partial charge in [-0.15, -0.1) is 0 Å². The summed E-state index contributed by atoms with van der Waals surface area (Å²) >= 11 is 0. The summed E-state index contributed by atoms with van der Waals surface area (Å²) in [5, 5.41) is 2.85. The fourth-order valence-corrected chi connectivity index (χ4v) is 3.75. The lowest BCUT2D eigenvalue weighted by molar-refractivity contribution is 0.0757. The van der Waals surface area contributed by atoms with Crippen LogP contribution in [-0.4, -0.2) is 44.9 Å². The maximum absolute atomic E-state index is 12.6. The van der Waals surface area contributed by atoms with Crippen molar-refractivity contribution in [2.45, 2.75) is 37.8 Å². The van der Waals surface area contributed by atoms with E-state index in [2.05, 4.69) is 5.32 Å². The molecule has 0 heterocycles. The first kappa shape index (κ1) is 22.1. The highest BCUT2D eigenvalue weighted by Crippen LogP contribution is 2.16. The third-order valence-electron chi connectivity index (χ3n) is 4.13. The quantitative estimate of drug-likeness (QED) is 0.618.